The van der Waals surface area contributed by atoms with E-state index in [2.05, 4.69) is 50.2 Å². The topological polar surface area (TPSA) is 49.7 Å². The summed E-state index contributed by atoms with van der Waals surface area (Å²) >= 11 is 0. The maximum absolute atomic E-state index is 13.2. The van der Waals surface area contributed by atoms with Gasteiger partial charge in [0.2, 0.25) is 0 Å². The number of carbonyl (C=O) groups is 1. The summed E-state index contributed by atoms with van der Waals surface area (Å²) in [5.74, 6) is 0.0435. The minimum atomic E-state index is -0.0143. The first-order valence-corrected chi connectivity index (χ1v) is 9.21. The Bertz CT molecular complexity index is 872. The predicted molar refractivity (Wildman–Crippen MR) is 103 cm³/mol. The van der Waals surface area contributed by atoms with Crippen molar-refractivity contribution in [2.75, 3.05) is 6.54 Å². The molecule has 2 atom stereocenters. The molecule has 0 saturated carbocycles. The molecule has 2 aliphatic rings. The summed E-state index contributed by atoms with van der Waals surface area (Å²) in [5, 5.41) is 2.92. The van der Waals surface area contributed by atoms with Gasteiger partial charge in [-0.05, 0) is 58.8 Å². The largest absolute Gasteiger partial charge is 0.335 e. The number of hydrogen-bond donors (Lipinski definition) is 0. The van der Waals surface area contributed by atoms with Crippen LogP contribution in [0, 0.1) is 10.3 Å². The van der Waals surface area contributed by atoms with Gasteiger partial charge in [-0.1, -0.05) is 45.0 Å². The fourth-order valence-corrected chi connectivity index (χ4v) is 4.95. The van der Waals surface area contributed by atoms with Crippen molar-refractivity contribution in [3.05, 3.63) is 70.1 Å². The van der Waals surface area contributed by atoms with E-state index in [0.717, 1.165) is 19.4 Å². The lowest BCUT2D eigenvalue weighted by atomic mass is 9.51. The van der Waals surface area contributed by atoms with Crippen molar-refractivity contribution < 1.29 is 4.79 Å². The molecule has 134 valence electrons. The highest BCUT2D eigenvalue weighted by Gasteiger charge is 2.56. The maximum atomic E-state index is 13.2. The first-order valence-electron chi connectivity index (χ1n) is 9.21. The fourth-order valence-electron chi connectivity index (χ4n) is 4.95. The Balaban J connectivity index is 1.73. The number of amides is 1. The van der Waals surface area contributed by atoms with E-state index in [0.29, 0.717) is 11.3 Å². The summed E-state index contributed by atoms with van der Waals surface area (Å²) in [6.07, 6.45) is 1.84. The van der Waals surface area contributed by atoms with Gasteiger partial charge in [0.15, 0.2) is 0 Å². The molecule has 1 aliphatic heterocycles. The van der Waals surface area contributed by atoms with Gasteiger partial charge in [-0.3, -0.25) is 4.79 Å². The molecule has 1 amide bonds. The molecule has 4 nitrogen and oxygen atoms in total. The third-order valence-corrected chi connectivity index (χ3v) is 6.99. The highest BCUT2D eigenvalue weighted by Crippen LogP contribution is 2.56. The Morgan fingerprint density at radius 3 is 2.46 bits per heavy atom. The summed E-state index contributed by atoms with van der Waals surface area (Å²) in [7, 11) is 0. The second-order valence-electron chi connectivity index (χ2n) is 8.32. The Hall–Kier alpha value is -2.49. The summed E-state index contributed by atoms with van der Waals surface area (Å²) in [6.45, 7) is 7.70. The summed E-state index contributed by atoms with van der Waals surface area (Å²) in [6, 6.07) is 15.5. The Kier molecular flexibility index (Phi) is 3.76. The van der Waals surface area contributed by atoms with Crippen LogP contribution in [0.5, 0.6) is 0 Å². The van der Waals surface area contributed by atoms with Crippen LogP contribution in [0.3, 0.4) is 0 Å². The molecule has 1 fully saturated rings. The van der Waals surface area contributed by atoms with E-state index in [1.807, 2.05) is 4.90 Å². The van der Waals surface area contributed by atoms with Gasteiger partial charge >= 0.3 is 0 Å². The molecule has 4 rings (SSSR count). The zero-order valence-corrected chi connectivity index (χ0v) is 15.5. The third kappa shape index (κ3) is 2.24. The van der Waals surface area contributed by atoms with E-state index < -0.39 is 0 Å². The molecular formula is C22H24N2O2. The molecule has 0 N–H and O–H groups in total. The molecule has 0 aromatic heterocycles. The normalized spacial score (nSPS) is 26.1. The SMILES string of the molecule is CC1(C)[C@H]2Cc3ccccc3[C@]1(C)CCN2C(=O)c1ccc(N=O)cc1. The molecule has 1 aliphatic carbocycles. The van der Waals surface area contributed by atoms with Gasteiger partial charge < -0.3 is 4.90 Å². The van der Waals surface area contributed by atoms with Crippen LogP contribution in [0.25, 0.3) is 0 Å². The molecular weight excluding hydrogens is 324 g/mol. The monoisotopic (exact) mass is 348 g/mol. The van der Waals surface area contributed by atoms with Gasteiger partial charge in [-0.15, -0.1) is 4.91 Å². The summed E-state index contributed by atoms with van der Waals surface area (Å²) < 4.78 is 0. The minimum absolute atomic E-state index is 0.0143. The number of nitrogens with zero attached hydrogens (tertiary/aromatic N) is 2. The average molecular weight is 348 g/mol. The van der Waals surface area contributed by atoms with Gasteiger partial charge in [0, 0.05) is 23.6 Å². The standard InChI is InChI=1S/C22H24N2O2/c1-21(2)19-14-16-6-4-5-7-18(16)22(21,3)12-13-24(19)20(25)15-8-10-17(23-26)11-9-15/h4-11,19H,12-14H2,1-3H3/t19-,22+/m1/s1. The molecule has 2 bridgehead atoms. The third-order valence-electron chi connectivity index (χ3n) is 6.99. The molecule has 0 unspecified atom stereocenters. The van der Waals surface area contributed by atoms with Crippen molar-refractivity contribution in [1.82, 2.24) is 4.90 Å². The van der Waals surface area contributed by atoms with Crippen molar-refractivity contribution in [3.8, 4) is 0 Å². The molecule has 4 heteroatoms. The zero-order valence-electron chi connectivity index (χ0n) is 15.5. The average Bonchev–Trinajstić information content (AvgIpc) is 2.64. The van der Waals surface area contributed by atoms with Gasteiger partial charge in [-0.2, -0.15) is 0 Å². The van der Waals surface area contributed by atoms with E-state index in [9.17, 15) is 9.70 Å². The molecule has 1 saturated heterocycles. The molecule has 2 aromatic rings. The highest BCUT2D eigenvalue weighted by molar-refractivity contribution is 5.95. The Labute approximate surface area is 154 Å². The van der Waals surface area contributed by atoms with Gasteiger partial charge in [0.05, 0.1) is 0 Å². The van der Waals surface area contributed by atoms with Crippen molar-refractivity contribution in [2.45, 2.75) is 45.1 Å². The van der Waals surface area contributed by atoms with Crippen molar-refractivity contribution in [1.29, 1.82) is 0 Å². The van der Waals surface area contributed by atoms with E-state index in [4.69, 9.17) is 0 Å². The van der Waals surface area contributed by atoms with Crippen LogP contribution in [0.1, 0.15) is 48.7 Å². The Morgan fingerprint density at radius 2 is 1.77 bits per heavy atom. The zero-order chi connectivity index (χ0) is 18.5. The molecule has 2 aromatic carbocycles. The molecule has 0 spiro atoms. The second-order valence-corrected chi connectivity index (χ2v) is 8.32. The quantitative estimate of drug-likeness (QED) is 0.729. The van der Waals surface area contributed by atoms with E-state index in [1.165, 1.54) is 11.1 Å². The van der Waals surface area contributed by atoms with Crippen LogP contribution >= 0.6 is 0 Å². The van der Waals surface area contributed by atoms with Crippen LogP contribution < -0.4 is 0 Å². The smallest absolute Gasteiger partial charge is 0.254 e. The van der Waals surface area contributed by atoms with E-state index in [-0.39, 0.29) is 22.8 Å². The lowest BCUT2D eigenvalue weighted by molar-refractivity contribution is -0.0262. The van der Waals surface area contributed by atoms with Gasteiger partial charge in [-0.25, -0.2) is 0 Å². The summed E-state index contributed by atoms with van der Waals surface area (Å²) in [4.78, 5) is 25.9. The lowest BCUT2D eigenvalue weighted by Gasteiger charge is -2.60. The van der Waals surface area contributed by atoms with Crippen LogP contribution in [0.4, 0.5) is 5.69 Å². The van der Waals surface area contributed by atoms with Crippen LogP contribution in [-0.4, -0.2) is 23.4 Å². The fraction of sp³-hybridized carbons (Fsp3) is 0.409. The first-order chi connectivity index (χ1) is 12.4. The number of piperidine rings is 1. The molecule has 1 heterocycles. The van der Waals surface area contributed by atoms with Crippen molar-refractivity contribution in [2.24, 2.45) is 10.6 Å². The lowest BCUT2D eigenvalue weighted by Crippen LogP contribution is -2.64. The number of carbonyl (C=O) groups excluding carboxylic acids is 1. The number of likely N-dealkylation sites (tertiary alicyclic amines) is 1. The second kappa shape index (κ2) is 5.76. The van der Waals surface area contributed by atoms with E-state index in [1.54, 1.807) is 24.3 Å². The molecule has 26 heavy (non-hydrogen) atoms. The van der Waals surface area contributed by atoms with Crippen molar-refractivity contribution in [3.63, 3.8) is 0 Å². The van der Waals surface area contributed by atoms with Crippen LogP contribution in [0.2, 0.25) is 0 Å². The van der Waals surface area contributed by atoms with Crippen molar-refractivity contribution >= 4 is 11.6 Å². The van der Waals surface area contributed by atoms with Gasteiger partial charge in [0.1, 0.15) is 5.69 Å². The minimum Gasteiger partial charge on any atom is -0.335 e. The summed E-state index contributed by atoms with van der Waals surface area (Å²) in [5.41, 5.74) is 3.82. The molecule has 0 radical (unpaired) electrons. The number of nitroso groups, excluding NO2 is 1. The number of fused-ring (bicyclic) bond motifs is 4. The number of benzene rings is 2. The number of rotatable bonds is 2. The maximum Gasteiger partial charge on any atom is 0.254 e. The predicted octanol–water partition coefficient (Wildman–Crippen LogP) is 4.84. The van der Waals surface area contributed by atoms with Crippen LogP contribution in [-0.2, 0) is 11.8 Å². The van der Waals surface area contributed by atoms with E-state index >= 15 is 0 Å². The number of hydrogen-bond acceptors (Lipinski definition) is 3. The highest BCUT2D eigenvalue weighted by atomic mass is 16.3. The van der Waals surface area contributed by atoms with Gasteiger partial charge in [0.25, 0.3) is 5.91 Å². The van der Waals surface area contributed by atoms with Crippen LogP contribution in [0.15, 0.2) is 53.7 Å². The first kappa shape index (κ1) is 17.0. The Morgan fingerprint density at radius 1 is 1.08 bits per heavy atom.